The van der Waals surface area contributed by atoms with Gasteiger partial charge in [-0.1, -0.05) is 0 Å². The van der Waals surface area contributed by atoms with E-state index < -0.39 is 0 Å². The fourth-order valence-electron chi connectivity index (χ4n) is 3.10. The third-order valence-corrected chi connectivity index (χ3v) is 5.42. The fourth-order valence-corrected chi connectivity index (χ4v) is 4.40. The minimum absolute atomic E-state index is 0.00620. The molecule has 0 radical (unpaired) electrons. The number of carbonyl (C=O) groups excluding carboxylic acids is 2. The Balaban J connectivity index is 1.90. The maximum Gasteiger partial charge on any atom is 0.257 e. The van der Waals surface area contributed by atoms with Crippen molar-refractivity contribution in [3.05, 3.63) is 16.0 Å². The largest absolute Gasteiger partial charge is 0.378 e. The van der Waals surface area contributed by atoms with Gasteiger partial charge in [-0.05, 0) is 31.2 Å². The minimum Gasteiger partial charge on any atom is -0.378 e. The number of carbonyl (C=O) groups is 2. The molecule has 0 spiro atoms. The summed E-state index contributed by atoms with van der Waals surface area (Å²) in [6.07, 6.45) is 4.14. The Hall–Kier alpha value is -1.44. The van der Waals surface area contributed by atoms with Gasteiger partial charge in [-0.3, -0.25) is 9.59 Å². The van der Waals surface area contributed by atoms with Crippen LogP contribution in [0.1, 0.15) is 33.6 Å². The molecule has 1 aromatic heterocycles. The van der Waals surface area contributed by atoms with E-state index in [1.807, 2.05) is 4.90 Å². The van der Waals surface area contributed by atoms with Crippen LogP contribution < -0.4 is 5.32 Å². The van der Waals surface area contributed by atoms with E-state index >= 15 is 0 Å². The smallest absolute Gasteiger partial charge is 0.257 e. The lowest BCUT2D eigenvalue weighted by Crippen LogP contribution is -2.41. The van der Waals surface area contributed by atoms with Crippen molar-refractivity contribution in [3.8, 4) is 0 Å². The number of nitrogens with zero attached hydrogens (tertiary/aromatic N) is 1. The van der Waals surface area contributed by atoms with Crippen molar-refractivity contribution in [2.24, 2.45) is 0 Å². The van der Waals surface area contributed by atoms with Crippen LogP contribution >= 0.6 is 11.3 Å². The number of amides is 2. The molecule has 7 heteroatoms. The minimum atomic E-state index is -0.220. The highest BCUT2D eigenvalue weighted by Crippen LogP contribution is 2.38. The third kappa shape index (κ3) is 3.57. The van der Waals surface area contributed by atoms with Crippen LogP contribution in [0.5, 0.6) is 0 Å². The molecule has 0 aromatic carbocycles. The lowest BCUT2D eigenvalue weighted by Gasteiger charge is -2.27. The van der Waals surface area contributed by atoms with Gasteiger partial charge in [0.1, 0.15) is 11.6 Å². The van der Waals surface area contributed by atoms with Crippen molar-refractivity contribution in [2.45, 2.75) is 25.7 Å². The third-order valence-electron chi connectivity index (χ3n) is 4.21. The molecule has 2 aliphatic rings. The quantitative estimate of drug-likeness (QED) is 0.907. The van der Waals surface area contributed by atoms with Crippen molar-refractivity contribution in [2.75, 3.05) is 45.3 Å². The van der Waals surface area contributed by atoms with Gasteiger partial charge in [0.2, 0.25) is 0 Å². The topological polar surface area (TPSA) is 67.9 Å². The van der Waals surface area contributed by atoms with Gasteiger partial charge in [-0.15, -0.1) is 11.3 Å². The van der Waals surface area contributed by atoms with Crippen molar-refractivity contribution >= 4 is 28.2 Å². The summed E-state index contributed by atoms with van der Waals surface area (Å²) in [6, 6.07) is 0. The van der Waals surface area contributed by atoms with E-state index in [1.54, 1.807) is 11.3 Å². The molecule has 1 fully saturated rings. The monoisotopic (exact) mass is 338 g/mol. The van der Waals surface area contributed by atoms with Crippen LogP contribution in [0.25, 0.3) is 0 Å². The van der Waals surface area contributed by atoms with Crippen LogP contribution in [-0.2, 0) is 27.1 Å². The SMILES string of the molecule is COCC(=O)Nc1sc2c(c1C(=O)N1CCOCC1)CCCC2. The average molecular weight is 338 g/mol. The van der Waals surface area contributed by atoms with Gasteiger partial charge < -0.3 is 19.7 Å². The number of nitrogens with one attached hydrogen (secondary N) is 1. The molecule has 126 valence electrons. The fraction of sp³-hybridized carbons (Fsp3) is 0.625. The van der Waals surface area contributed by atoms with E-state index in [0.29, 0.717) is 36.9 Å². The second kappa shape index (κ2) is 7.42. The number of hydrogen-bond acceptors (Lipinski definition) is 5. The van der Waals surface area contributed by atoms with Gasteiger partial charge >= 0.3 is 0 Å². The molecule has 0 saturated carbocycles. The highest BCUT2D eigenvalue weighted by atomic mass is 32.1. The van der Waals surface area contributed by atoms with Crippen molar-refractivity contribution in [1.82, 2.24) is 4.90 Å². The molecule has 1 aromatic rings. The zero-order valence-corrected chi connectivity index (χ0v) is 14.2. The van der Waals surface area contributed by atoms with E-state index in [-0.39, 0.29) is 18.4 Å². The van der Waals surface area contributed by atoms with Gasteiger partial charge in [0, 0.05) is 25.1 Å². The van der Waals surface area contributed by atoms with Crippen LogP contribution in [0.2, 0.25) is 0 Å². The maximum atomic E-state index is 13.0. The Morgan fingerprint density at radius 1 is 1.26 bits per heavy atom. The Kier molecular flexibility index (Phi) is 5.30. The zero-order chi connectivity index (χ0) is 16.2. The van der Waals surface area contributed by atoms with Gasteiger partial charge in [0.15, 0.2) is 0 Å². The highest BCUT2D eigenvalue weighted by Gasteiger charge is 2.29. The molecule has 2 heterocycles. The molecule has 6 nitrogen and oxygen atoms in total. The predicted molar refractivity (Wildman–Crippen MR) is 88.2 cm³/mol. The van der Waals surface area contributed by atoms with Gasteiger partial charge in [-0.25, -0.2) is 0 Å². The van der Waals surface area contributed by atoms with Crippen LogP contribution in [-0.4, -0.2) is 56.7 Å². The Morgan fingerprint density at radius 2 is 2.00 bits per heavy atom. The lowest BCUT2D eigenvalue weighted by atomic mass is 9.95. The number of hydrogen-bond donors (Lipinski definition) is 1. The molecule has 0 atom stereocenters. The summed E-state index contributed by atoms with van der Waals surface area (Å²) in [5.74, 6) is -0.206. The Morgan fingerprint density at radius 3 is 2.74 bits per heavy atom. The molecule has 23 heavy (non-hydrogen) atoms. The first kappa shape index (κ1) is 16.4. The van der Waals surface area contributed by atoms with E-state index in [4.69, 9.17) is 9.47 Å². The Bertz CT molecular complexity index is 593. The summed E-state index contributed by atoms with van der Waals surface area (Å²) < 4.78 is 10.2. The number of anilines is 1. The van der Waals surface area contributed by atoms with E-state index in [0.717, 1.165) is 31.2 Å². The van der Waals surface area contributed by atoms with Crippen molar-refractivity contribution in [3.63, 3.8) is 0 Å². The normalized spacial score (nSPS) is 17.7. The summed E-state index contributed by atoms with van der Waals surface area (Å²) in [6.45, 7) is 2.35. The average Bonchev–Trinajstić information content (AvgIpc) is 2.93. The molecular weight excluding hydrogens is 316 g/mol. The van der Waals surface area contributed by atoms with Gasteiger partial charge in [-0.2, -0.15) is 0 Å². The molecular formula is C16H22N2O4S. The Labute approximate surface area is 139 Å². The van der Waals surface area contributed by atoms with Crippen molar-refractivity contribution in [1.29, 1.82) is 0 Å². The molecule has 2 amide bonds. The molecule has 1 aliphatic carbocycles. The van der Waals surface area contributed by atoms with Crippen LogP contribution in [0, 0.1) is 0 Å². The van der Waals surface area contributed by atoms with Gasteiger partial charge in [0.25, 0.3) is 11.8 Å². The number of methoxy groups -OCH3 is 1. The van der Waals surface area contributed by atoms with E-state index in [9.17, 15) is 9.59 Å². The zero-order valence-electron chi connectivity index (χ0n) is 13.4. The number of fused-ring (bicyclic) bond motifs is 1. The molecule has 1 aliphatic heterocycles. The standard InChI is InChI=1S/C16H22N2O4S/c1-21-10-13(19)17-15-14(11-4-2-3-5-12(11)23-15)16(20)18-6-8-22-9-7-18/h2-10H2,1H3,(H,17,19). The second-order valence-electron chi connectivity index (χ2n) is 5.80. The van der Waals surface area contributed by atoms with Crippen LogP contribution in [0.3, 0.4) is 0 Å². The number of morpholine rings is 1. The summed E-state index contributed by atoms with van der Waals surface area (Å²) in [5.41, 5.74) is 1.82. The number of thiophene rings is 1. The first-order chi connectivity index (χ1) is 11.2. The van der Waals surface area contributed by atoms with Crippen molar-refractivity contribution < 1.29 is 19.1 Å². The van der Waals surface area contributed by atoms with E-state index in [1.165, 1.54) is 12.0 Å². The lowest BCUT2D eigenvalue weighted by molar-refractivity contribution is -0.119. The summed E-state index contributed by atoms with van der Waals surface area (Å²) in [5, 5.41) is 3.54. The summed E-state index contributed by atoms with van der Waals surface area (Å²) in [7, 11) is 1.48. The predicted octanol–water partition coefficient (Wildman–Crippen LogP) is 1.68. The van der Waals surface area contributed by atoms with Crippen LogP contribution in [0.15, 0.2) is 0 Å². The van der Waals surface area contributed by atoms with Crippen LogP contribution in [0.4, 0.5) is 5.00 Å². The molecule has 0 unspecified atom stereocenters. The first-order valence-corrected chi connectivity index (χ1v) is 8.82. The van der Waals surface area contributed by atoms with E-state index in [2.05, 4.69) is 5.32 Å². The molecule has 1 saturated heterocycles. The molecule has 1 N–H and O–H groups in total. The summed E-state index contributed by atoms with van der Waals surface area (Å²) in [4.78, 5) is 28.0. The van der Waals surface area contributed by atoms with Gasteiger partial charge in [0.05, 0.1) is 18.8 Å². The number of ether oxygens (including phenoxy) is 2. The second-order valence-corrected chi connectivity index (χ2v) is 6.91. The first-order valence-electron chi connectivity index (χ1n) is 8.01. The molecule has 0 bridgehead atoms. The number of rotatable bonds is 4. The molecule has 3 rings (SSSR count). The maximum absolute atomic E-state index is 13.0. The highest BCUT2D eigenvalue weighted by molar-refractivity contribution is 7.17. The number of aryl methyl sites for hydroxylation is 1. The summed E-state index contributed by atoms with van der Waals surface area (Å²) >= 11 is 1.54.